The highest BCUT2D eigenvalue weighted by Crippen LogP contribution is 2.33. The molecule has 5 nitrogen and oxygen atoms in total. The molecule has 2 atom stereocenters. The molecule has 0 bridgehead atoms. The Labute approximate surface area is 139 Å². The number of carbonyl (C=O) groups is 2. The van der Waals surface area contributed by atoms with Gasteiger partial charge < -0.3 is 15.3 Å². The zero-order chi connectivity index (χ0) is 17.0. The third kappa shape index (κ3) is 4.72. The van der Waals surface area contributed by atoms with E-state index in [4.69, 9.17) is 0 Å². The van der Waals surface area contributed by atoms with Gasteiger partial charge in [-0.1, -0.05) is 32.4 Å². The quantitative estimate of drug-likeness (QED) is 0.781. The van der Waals surface area contributed by atoms with Gasteiger partial charge in [0, 0.05) is 25.0 Å². The Bertz CT molecular complexity index is 485. The first-order valence-corrected chi connectivity index (χ1v) is 8.74. The predicted octanol–water partition coefficient (Wildman–Crippen LogP) is 3.27. The van der Waals surface area contributed by atoms with E-state index in [9.17, 15) is 14.7 Å². The summed E-state index contributed by atoms with van der Waals surface area (Å²) in [6.07, 6.45) is 7.71. The van der Waals surface area contributed by atoms with Crippen LogP contribution < -0.4 is 5.32 Å². The molecule has 1 saturated heterocycles. The van der Waals surface area contributed by atoms with Crippen LogP contribution in [0.4, 0.5) is 4.79 Å². The number of piperidine rings is 1. The maximum Gasteiger partial charge on any atom is 0.317 e. The molecular formula is C18H30N2O3. The smallest absolute Gasteiger partial charge is 0.317 e. The molecule has 2 N–H and O–H groups in total. The molecule has 0 radical (unpaired) electrons. The summed E-state index contributed by atoms with van der Waals surface area (Å²) in [5.41, 5.74) is 1.39. The van der Waals surface area contributed by atoms with Gasteiger partial charge in [-0.2, -0.15) is 0 Å². The summed E-state index contributed by atoms with van der Waals surface area (Å²) in [7, 11) is 0. The summed E-state index contributed by atoms with van der Waals surface area (Å²) < 4.78 is 0. The van der Waals surface area contributed by atoms with E-state index < -0.39 is 11.9 Å². The highest BCUT2D eigenvalue weighted by atomic mass is 16.4. The third-order valence-corrected chi connectivity index (χ3v) is 5.14. The van der Waals surface area contributed by atoms with Crippen molar-refractivity contribution in [3.8, 4) is 0 Å². The third-order valence-electron chi connectivity index (χ3n) is 5.14. The van der Waals surface area contributed by atoms with Gasteiger partial charge >= 0.3 is 12.0 Å². The van der Waals surface area contributed by atoms with Crippen LogP contribution in [0.15, 0.2) is 11.6 Å². The van der Waals surface area contributed by atoms with Crippen molar-refractivity contribution in [3.63, 3.8) is 0 Å². The number of carboxylic acid groups (broad SMARTS) is 1. The van der Waals surface area contributed by atoms with Gasteiger partial charge in [0.1, 0.15) is 0 Å². The predicted molar refractivity (Wildman–Crippen MR) is 90.2 cm³/mol. The lowest BCUT2D eigenvalue weighted by Gasteiger charge is -2.36. The summed E-state index contributed by atoms with van der Waals surface area (Å²) >= 11 is 0. The zero-order valence-electron chi connectivity index (χ0n) is 14.6. The number of nitrogens with one attached hydrogen (secondary N) is 1. The molecule has 1 aliphatic heterocycles. The fourth-order valence-corrected chi connectivity index (χ4v) is 3.67. The number of nitrogens with zero attached hydrogens (tertiary/aromatic N) is 1. The molecule has 2 aliphatic rings. The molecule has 1 fully saturated rings. The second kappa shape index (κ2) is 7.37. The molecule has 2 rings (SSSR count). The average molecular weight is 322 g/mol. The average Bonchev–Trinajstić information content (AvgIpc) is 2.53. The van der Waals surface area contributed by atoms with E-state index in [0.29, 0.717) is 26.1 Å². The largest absolute Gasteiger partial charge is 0.481 e. The van der Waals surface area contributed by atoms with Gasteiger partial charge in [-0.05, 0) is 38.0 Å². The van der Waals surface area contributed by atoms with Gasteiger partial charge in [0.2, 0.25) is 0 Å². The Morgan fingerprint density at radius 2 is 2.09 bits per heavy atom. The Morgan fingerprint density at radius 1 is 1.35 bits per heavy atom. The minimum absolute atomic E-state index is 0.0380. The first kappa shape index (κ1) is 17.8. The van der Waals surface area contributed by atoms with Crippen LogP contribution in [0.2, 0.25) is 0 Å². The molecule has 2 amide bonds. The molecule has 5 heteroatoms. The first-order valence-electron chi connectivity index (χ1n) is 8.74. The number of carbonyl (C=O) groups excluding carboxylic acids is 1. The van der Waals surface area contributed by atoms with Gasteiger partial charge in [0.05, 0.1) is 5.92 Å². The summed E-state index contributed by atoms with van der Waals surface area (Å²) in [4.78, 5) is 25.3. The van der Waals surface area contributed by atoms with E-state index in [1.165, 1.54) is 18.4 Å². The molecule has 0 aromatic rings. The number of urea groups is 1. The first-order chi connectivity index (χ1) is 10.8. The Kier molecular flexibility index (Phi) is 5.71. The molecular weight excluding hydrogens is 292 g/mol. The van der Waals surface area contributed by atoms with E-state index in [2.05, 4.69) is 25.2 Å². The normalized spacial score (nSPS) is 25.7. The van der Waals surface area contributed by atoms with Gasteiger partial charge in [-0.3, -0.25) is 4.79 Å². The molecule has 130 valence electrons. The van der Waals surface area contributed by atoms with Crippen molar-refractivity contribution < 1.29 is 14.7 Å². The summed E-state index contributed by atoms with van der Waals surface area (Å²) in [5.74, 6) is -1.02. The maximum atomic E-state index is 12.4. The monoisotopic (exact) mass is 322 g/mol. The van der Waals surface area contributed by atoms with Crippen molar-refractivity contribution in [1.29, 1.82) is 0 Å². The van der Waals surface area contributed by atoms with Crippen LogP contribution in [0.3, 0.4) is 0 Å². The number of hydrogen-bond acceptors (Lipinski definition) is 2. The lowest BCUT2D eigenvalue weighted by Crippen LogP contribution is -2.51. The van der Waals surface area contributed by atoms with Gasteiger partial charge in [0.15, 0.2) is 0 Å². The number of rotatable bonds is 4. The lowest BCUT2D eigenvalue weighted by atomic mass is 9.78. The van der Waals surface area contributed by atoms with Crippen LogP contribution in [-0.2, 0) is 4.79 Å². The van der Waals surface area contributed by atoms with Crippen LogP contribution in [0, 0.1) is 17.3 Å². The number of likely N-dealkylation sites (tertiary alicyclic amines) is 1. The number of aliphatic carboxylic acids is 1. The molecule has 23 heavy (non-hydrogen) atoms. The number of carboxylic acids is 1. The van der Waals surface area contributed by atoms with E-state index >= 15 is 0 Å². The Hall–Kier alpha value is -1.52. The Balaban J connectivity index is 1.90. The molecule has 0 aromatic heterocycles. The number of allylic oxidation sites excluding steroid dienone is 1. The molecule has 1 aliphatic carbocycles. The van der Waals surface area contributed by atoms with Crippen molar-refractivity contribution in [2.45, 2.75) is 52.9 Å². The van der Waals surface area contributed by atoms with Crippen LogP contribution in [0.5, 0.6) is 0 Å². The summed E-state index contributed by atoms with van der Waals surface area (Å²) in [6, 6.07) is -0.132. The number of hydrogen-bond donors (Lipinski definition) is 2. The lowest BCUT2D eigenvalue weighted by molar-refractivity contribution is -0.143. The van der Waals surface area contributed by atoms with Crippen molar-refractivity contribution >= 4 is 12.0 Å². The van der Waals surface area contributed by atoms with Gasteiger partial charge in [-0.25, -0.2) is 4.79 Å². The summed E-state index contributed by atoms with van der Waals surface area (Å²) in [6.45, 7) is 7.90. The topological polar surface area (TPSA) is 69.6 Å². The minimum atomic E-state index is -0.804. The van der Waals surface area contributed by atoms with Crippen LogP contribution in [-0.4, -0.2) is 41.6 Å². The van der Waals surface area contributed by atoms with Crippen molar-refractivity contribution in [3.05, 3.63) is 11.6 Å². The van der Waals surface area contributed by atoms with Crippen LogP contribution >= 0.6 is 0 Å². The maximum absolute atomic E-state index is 12.4. The highest BCUT2D eigenvalue weighted by molar-refractivity contribution is 5.76. The second-order valence-corrected chi connectivity index (χ2v) is 7.80. The number of amides is 2. The molecule has 2 unspecified atom stereocenters. The fraction of sp³-hybridized carbons (Fsp3) is 0.778. The zero-order valence-corrected chi connectivity index (χ0v) is 14.6. The molecule has 1 heterocycles. The van der Waals surface area contributed by atoms with Crippen LogP contribution in [0.25, 0.3) is 0 Å². The molecule has 0 saturated carbocycles. The highest BCUT2D eigenvalue weighted by Gasteiger charge is 2.33. The Morgan fingerprint density at radius 3 is 2.70 bits per heavy atom. The van der Waals surface area contributed by atoms with Crippen molar-refractivity contribution in [2.75, 3.05) is 19.6 Å². The molecule has 0 aromatic carbocycles. The van der Waals surface area contributed by atoms with E-state index in [1.807, 2.05) is 6.92 Å². The SMILES string of the molecule is CC1CC(C(=O)O)CN(C(=O)NCC(C)(C)C2=CCCCC2)C1. The minimum Gasteiger partial charge on any atom is -0.481 e. The van der Waals surface area contributed by atoms with Crippen LogP contribution in [0.1, 0.15) is 52.9 Å². The van der Waals surface area contributed by atoms with Crippen molar-refractivity contribution in [1.82, 2.24) is 10.2 Å². The second-order valence-electron chi connectivity index (χ2n) is 7.80. The standard InChI is InChI=1S/C18H30N2O3/c1-13-9-14(16(21)22)11-20(10-13)17(23)19-12-18(2,3)15-7-5-4-6-8-15/h7,13-14H,4-6,8-12H2,1-3H3,(H,19,23)(H,21,22). The van der Waals surface area contributed by atoms with E-state index in [1.54, 1.807) is 4.90 Å². The van der Waals surface area contributed by atoms with E-state index in [0.717, 1.165) is 12.8 Å². The fourth-order valence-electron chi connectivity index (χ4n) is 3.67. The molecule has 0 spiro atoms. The van der Waals surface area contributed by atoms with Crippen molar-refractivity contribution in [2.24, 2.45) is 17.3 Å². The van der Waals surface area contributed by atoms with Gasteiger partial charge in [-0.15, -0.1) is 0 Å². The van der Waals surface area contributed by atoms with Gasteiger partial charge in [0.25, 0.3) is 0 Å². The van der Waals surface area contributed by atoms with E-state index in [-0.39, 0.29) is 17.4 Å². The summed E-state index contributed by atoms with van der Waals surface area (Å²) in [5, 5.41) is 12.2.